The van der Waals surface area contributed by atoms with Crippen molar-refractivity contribution in [3.8, 4) is 0 Å². The summed E-state index contributed by atoms with van der Waals surface area (Å²) in [6.07, 6.45) is 3.46. The summed E-state index contributed by atoms with van der Waals surface area (Å²) in [6, 6.07) is 0.358. The molecule has 4 nitrogen and oxygen atoms in total. The van der Waals surface area contributed by atoms with Gasteiger partial charge in [0.15, 0.2) is 0 Å². The molecular weight excluding hydrogens is 192 g/mol. The number of amides is 1. The molecule has 88 valence electrons. The zero-order valence-electron chi connectivity index (χ0n) is 9.79. The van der Waals surface area contributed by atoms with Crippen molar-refractivity contribution in [3.63, 3.8) is 0 Å². The fourth-order valence-electron chi connectivity index (χ4n) is 2.05. The van der Waals surface area contributed by atoms with Crippen LogP contribution >= 0.6 is 0 Å². The normalized spacial score (nSPS) is 21.7. The molecule has 15 heavy (non-hydrogen) atoms. The van der Waals surface area contributed by atoms with Gasteiger partial charge in [-0.2, -0.15) is 0 Å². The number of nitrogens with zero attached hydrogens (tertiary/aromatic N) is 1. The van der Waals surface area contributed by atoms with Crippen LogP contribution in [0.25, 0.3) is 0 Å². The summed E-state index contributed by atoms with van der Waals surface area (Å²) in [5, 5.41) is 3.14. The number of piperidine rings is 1. The molecule has 1 amide bonds. The lowest BCUT2D eigenvalue weighted by atomic mass is 10.0. The maximum atomic E-state index is 11.8. The Kier molecular flexibility index (Phi) is 5.65. The largest absolute Gasteiger partial charge is 0.372 e. The van der Waals surface area contributed by atoms with Crippen LogP contribution in [0.15, 0.2) is 0 Å². The number of likely N-dealkylation sites (tertiary alicyclic amines) is 1. The van der Waals surface area contributed by atoms with E-state index in [-0.39, 0.29) is 12.5 Å². The van der Waals surface area contributed by atoms with E-state index in [2.05, 4.69) is 5.32 Å². The highest BCUT2D eigenvalue weighted by Crippen LogP contribution is 2.16. The van der Waals surface area contributed by atoms with Crippen molar-refractivity contribution < 1.29 is 9.53 Å². The Labute approximate surface area is 92.0 Å². The van der Waals surface area contributed by atoms with Crippen LogP contribution in [0.2, 0.25) is 0 Å². The monoisotopic (exact) mass is 214 g/mol. The van der Waals surface area contributed by atoms with Gasteiger partial charge < -0.3 is 15.0 Å². The number of hydrogen-bond donors (Lipinski definition) is 1. The van der Waals surface area contributed by atoms with Gasteiger partial charge in [-0.05, 0) is 33.2 Å². The number of rotatable bonds is 5. The molecule has 0 spiro atoms. The average Bonchev–Trinajstić information content (AvgIpc) is 2.27. The van der Waals surface area contributed by atoms with Crippen molar-refractivity contribution in [1.82, 2.24) is 10.2 Å². The summed E-state index contributed by atoms with van der Waals surface area (Å²) < 4.78 is 5.16. The second-order valence-electron chi connectivity index (χ2n) is 3.93. The van der Waals surface area contributed by atoms with Gasteiger partial charge in [-0.3, -0.25) is 4.79 Å². The molecule has 1 rings (SSSR count). The van der Waals surface area contributed by atoms with Crippen molar-refractivity contribution in [2.75, 3.05) is 33.4 Å². The van der Waals surface area contributed by atoms with Crippen LogP contribution in [-0.4, -0.2) is 50.2 Å². The van der Waals surface area contributed by atoms with Crippen LogP contribution in [0, 0.1) is 0 Å². The maximum Gasteiger partial charge on any atom is 0.248 e. The Hall–Kier alpha value is -0.610. The molecule has 1 heterocycles. The topological polar surface area (TPSA) is 41.6 Å². The third kappa shape index (κ3) is 3.80. The molecule has 0 bridgehead atoms. The van der Waals surface area contributed by atoms with E-state index >= 15 is 0 Å². The minimum atomic E-state index is 0.136. The molecule has 4 heteroatoms. The first-order valence-electron chi connectivity index (χ1n) is 5.81. The first kappa shape index (κ1) is 12.5. The molecule has 1 N–H and O–H groups in total. The van der Waals surface area contributed by atoms with Crippen molar-refractivity contribution in [1.29, 1.82) is 0 Å². The van der Waals surface area contributed by atoms with Crippen LogP contribution in [0.3, 0.4) is 0 Å². The summed E-state index contributed by atoms with van der Waals surface area (Å²) in [5.41, 5.74) is 0. The zero-order chi connectivity index (χ0) is 11.1. The highest BCUT2D eigenvalue weighted by atomic mass is 16.5. The zero-order valence-corrected chi connectivity index (χ0v) is 9.79. The molecule has 0 aromatic heterocycles. The van der Waals surface area contributed by atoms with E-state index in [9.17, 15) is 4.79 Å². The number of likely N-dealkylation sites (N-methyl/N-ethyl adjacent to an activating group) is 1. The second-order valence-corrected chi connectivity index (χ2v) is 3.93. The average molecular weight is 214 g/mol. The third-order valence-corrected chi connectivity index (χ3v) is 2.82. The van der Waals surface area contributed by atoms with Gasteiger partial charge in [0.2, 0.25) is 5.91 Å². The summed E-state index contributed by atoms with van der Waals surface area (Å²) >= 11 is 0. The summed E-state index contributed by atoms with van der Waals surface area (Å²) in [7, 11) is 1.93. The van der Waals surface area contributed by atoms with Crippen LogP contribution < -0.4 is 5.32 Å². The standard InChI is InChI=1S/C11H22N2O2/c1-3-15-9-11(14)13-7-5-4-6-10(13)8-12-2/h10,12H,3-9H2,1-2H3. The van der Waals surface area contributed by atoms with Crippen molar-refractivity contribution >= 4 is 5.91 Å². The minimum absolute atomic E-state index is 0.136. The molecule has 0 saturated carbocycles. The lowest BCUT2D eigenvalue weighted by Gasteiger charge is -2.35. The van der Waals surface area contributed by atoms with Crippen LogP contribution in [0.1, 0.15) is 26.2 Å². The molecule has 1 atom stereocenters. The Bertz CT molecular complexity index is 195. The molecule has 0 aromatic carbocycles. The second kappa shape index (κ2) is 6.80. The van der Waals surface area contributed by atoms with E-state index in [0.29, 0.717) is 12.6 Å². The van der Waals surface area contributed by atoms with Gasteiger partial charge in [0.25, 0.3) is 0 Å². The lowest BCUT2D eigenvalue weighted by Crippen LogP contribution is -2.49. The fraction of sp³-hybridized carbons (Fsp3) is 0.909. The molecule has 0 aliphatic carbocycles. The third-order valence-electron chi connectivity index (χ3n) is 2.82. The number of nitrogens with one attached hydrogen (secondary N) is 1. The smallest absolute Gasteiger partial charge is 0.248 e. The van der Waals surface area contributed by atoms with E-state index in [1.165, 1.54) is 6.42 Å². The highest BCUT2D eigenvalue weighted by Gasteiger charge is 2.25. The van der Waals surface area contributed by atoms with Gasteiger partial charge in [-0.15, -0.1) is 0 Å². The summed E-state index contributed by atoms with van der Waals surface area (Å²) in [5.74, 6) is 0.136. The Morgan fingerprint density at radius 1 is 1.53 bits per heavy atom. The Morgan fingerprint density at radius 3 is 3.00 bits per heavy atom. The molecule has 1 saturated heterocycles. The van der Waals surface area contributed by atoms with Crippen molar-refractivity contribution in [2.45, 2.75) is 32.2 Å². The summed E-state index contributed by atoms with van der Waals surface area (Å²) in [4.78, 5) is 13.8. The molecule has 0 aromatic rings. The maximum absolute atomic E-state index is 11.8. The van der Waals surface area contributed by atoms with E-state index in [4.69, 9.17) is 4.74 Å². The Balaban J connectivity index is 2.43. The molecule has 0 radical (unpaired) electrons. The fourth-order valence-corrected chi connectivity index (χ4v) is 2.05. The predicted molar refractivity (Wildman–Crippen MR) is 59.8 cm³/mol. The summed E-state index contributed by atoms with van der Waals surface area (Å²) in [6.45, 7) is 4.53. The van der Waals surface area contributed by atoms with Crippen molar-refractivity contribution in [3.05, 3.63) is 0 Å². The molecule has 1 aliphatic rings. The van der Waals surface area contributed by atoms with Gasteiger partial charge in [-0.25, -0.2) is 0 Å². The number of carbonyl (C=O) groups is 1. The van der Waals surface area contributed by atoms with Crippen LogP contribution in [0.4, 0.5) is 0 Å². The minimum Gasteiger partial charge on any atom is -0.372 e. The molecular formula is C11H22N2O2. The first-order valence-corrected chi connectivity index (χ1v) is 5.81. The number of ether oxygens (including phenoxy) is 1. The van der Waals surface area contributed by atoms with Gasteiger partial charge in [0.05, 0.1) is 0 Å². The van der Waals surface area contributed by atoms with Crippen LogP contribution in [-0.2, 0) is 9.53 Å². The lowest BCUT2D eigenvalue weighted by molar-refractivity contribution is -0.139. The molecule has 1 fully saturated rings. The van der Waals surface area contributed by atoms with E-state index < -0.39 is 0 Å². The van der Waals surface area contributed by atoms with E-state index in [1.54, 1.807) is 0 Å². The predicted octanol–water partition coefficient (Wildman–Crippen LogP) is 0.623. The van der Waals surface area contributed by atoms with E-state index in [1.807, 2.05) is 18.9 Å². The van der Waals surface area contributed by atoms with Crippen LogP contribution in [0.5, 0.6) is 0 Å². The number of hydrogen-bond acceptors (Lipinski definition) is 3. The SMILES string of the molecule is CCOCC(=O)N1CCCCC1CNC. The van der Waals surface area contributed by atoms with Gasteiger partial charge in [0.1, 0.15) is 6.61 Å². The molecule has 1 unspecified atom stereocenters. The van der Waals surface area contributed by atoms with Gasteiger partial charge in [0, 0.05) is 25.7 Å². The number of carbonyl (C=O) groups excluding carboxylic acids is 1. The van der Waals surface area contributed by atoms with Gasteiger partial charge >= 0.3 is 0 Å². The van der Waals surface area contributed by atoms with Gasteiger partial charge in [-0.1, -0.05) is 0 Å². The Morgan fingerprint density at radius 2 is 2.33 bits per heavy atom. The quantitative estimate of drug-likeness (QED) is 0.729. The van der Waals surface area contributed by atoms with Crippen molar-refractivity contribution in [2.24, 2.45) is 0 Å². The first-order chi connectivity index (χ1) is 7.29. The highest BCUT2D eigenvalue weighted by molar-refractivity contribution is 5.77. The van der Waals surface area contributed by atoms with E-state index in [0.717, 1.165) is 25.9 Å². The molecule has 1 aliphatic heterocycles.